The zero-order valence-electron chi connectivity index (χ0n) is 13.4. The van der Waals surface area contributed by atoms with Crippen LogP contribution < -0.4 is 10.0 Å². The van der Waals surface area contributed by atoms with Crippen LogP contribution in [0.4, 0.5) is 4.39 Å². The van der Waals surface area contributed by atoms with E-state index in [9.17, 15) is 12.8 Å². The van der Waals surface area contributed by atoms with E-state index in [-0.39, 0.29) is 10.7 Å². The average molecular weight is 316 g/mol. The molecule has 2 N–H and O–H groups in total. The van der Waals surface area contributed by atoms with E-state index in [0.29, 0.717) is 17.7 Å². The van der Waals surface area contributed by atoms with Crippen LogP contribution in [0.15, 0.2) is 17.0 Å². The van der Waals surface area contributed by atoms with Gasteiger partial charge in [0.05, 0.1) is 4.90 Å². The van der Waals surface area contributed by atoms with Gasteiger partial charge in [-0.15, -0.1) is 0 Å². The van der Waals surface area contributed by atoms with Crippen LogP contribution >= 0.6 is 0 Å². The normalized spacial score (nSPS) is 12.7. The fourth-order valence-electron chi connectivity index (χ4n) is 1.95. The van der Waals surface area contributed by atoms with Crippen molar-refractivity contribution in [1.82, 2.24) is 10.0 Å². The summed E-state index contributed by atoms with van der Waals surface area (Å²) in [5.41, 5.74) is 0.125. The Morgan fingerprint density at radius 2 is 1.86 bits per heavy atom. The van der Waals surface area contributed by atoms with E-state index in [1.165, 1.54) is 12.1 Å². The first-order valence-corrected chi connectivity index (χ1v) is 8.59. The summed E-state index contributed by atoms with van der Waals surface area (Å²) >= 11 is 0. The van der Waals surface area contributed by atoms with Gasteiger partial charge in [-0.25, -0.2) is 17.5 Å². The van der Waals surface area contributed by atoms with Crippen LogP contribution in [0.3, 0.4) is 0 Å². The summed E-state index contributed by atoms with van der Waals surface area (Å²) in [7, 11) is -3.65. The molecule has 1 aromatic carbocycles. The summed E-state index contributed by atoms with van der Waals surface area (Å²) in [5, 5.41) is 3.09. The highest BCUT2D eigenvalue weighted by atomic mass is 32.2. The smallest absolute Gasteiger partial charge is 0.241 e. The lowest BCUT2D eigenvalue weighted by Crippen LogP contribution is -2.40. The number of sulfonamides is 1. The largest absolute Gasteiger partial charge is 0.313 e. The van der Waals surface area contributed by atoms with Gasteiger partial charge in [0.2, 0.25) is 10.0 Å². The third kappa shape index (κ3) is 5.37. The van der Waals surface area contributed by atoms with Gasteiger partial charge in [0.15, 0.2) is 0 Å². The molecular formula is C15H25FN2O2S. The maximum atomic E-state index is 14.1. The van der Waals surface area contributed by atoms with Crippen LogP contribution in [0.1, 0.15) is 45.2 Å². The molecule has 0 bridgehead atoms. The molecule has 0 saturated carbocycles. The predicted octanol–water partition coefficient (Wildman–Crippen LogP) is 2.71. The Morgan fingerprint density at radius 1 is 1.24 bits per heavy atom. The Labute approximate surface area is 127 Å². The zero-order valence-corrected chi connectivity index (χ0v) is 14.2. The van der Waals surface area contributed by atoms with Crippen LogP contribution in [0.5, 0.6) is 0 Å². The lowest BCUT2D eigenvalue weighted by atomic mass is 10.1. The van der Waals surface area contributed by atoms with Gasteiger partial charge in [0, 0.05) is 17.6 Å². The fourth-order valence-corrected chi connectivity index (χ4v) is 3.51. The summed E-state index contributed by atoms with van der Waals surface area (Å²) in [4.78, 5) is 0.102. The predicted molar refractivity (Wildman–Crippen MR) is 83.2 cm³/mol. The molecule has 0 aromatic heterocycles. The van der Waals surface area contributed by atoms with Gasteiger partial charge in [-0.3, -0.25) is 0 Å². The van der Waals surface area contributed by atoms with E-state index in [0.717, 1.165) is 13.0 Å². The Kier molecular flexibility index (Phi) is 5.90. The molecular weight excluding hydrogens is 291 g/mol. The molecule has 21 heavy (non-hydrogen) atoms. The zero-order chi connectivity index (χ0) is 16.3. The number of hydrogen-bond donors (Lipinski definition) is 2. The monoisotopic (exact) mass is 316 g/mol. The Morgan fingerprint density at radius 3 is 2.38 bits per heavy atom. The Hall–Kier alpha value is -0.980. The van der Waals surface area contributed by atoms with Crippen molar-refractivity contribution in [3.05, 3.63) is 29.1 Å². The molecule has 0 aliphatic rings. The highest BCUT2D eigenvalue weighted by Gasteiger charge is 2.23. The van der Waals surface area contributed by atoms with Crippen molar-refractivity contribution in [2.24, 2.45) is 0 Å². The van der Waals surface area contributed by atoms with Gasteiger partial charge in [0.1, 0.15) is 5.82 Å². The molecule has 0 aliphatic carbocycles. The molecule has 4 nitrogen and oxygen atoms in total. The number of halogens is 1. The van der Waals surface area contributed by atoms with E-state index in [4.69, 9.17) is 0 Å². The second-order valence-corrected chi connectivity index (χ2v) is 7.93. The van der Waals surface area contributed by atoms with Gasteiger partial charge in [0.25, 0.3) is 0 Å². The van der Waals surface area contributed by atoms with Crippen LogP contribution in [0, 0.1) is 12.7 Å². The summed E-state index contributed by atoms with van der Waals surface area (Å²) in [6.07, 6.45) is 0.935. The molecule has 1 aromatic rings. The molecule has 0 radical (unpaired) electrons. The number of hydrogen-bond acceptors (Lipinski definition) is 3. The van der Waals surface area contributed by atoms with Crippen molar-refractivity contribution >= 4 is 10.0 Å². The SMILES string of the molecule is CCCNCc1cc(S(=O)(=O)NC(C)(C)C)cc(C)c1F. The second-order valence-electron chi connectivity index (χ2n) is 6.25. The molecule has 0 spiro atoms. The molecule has 1 rings (SSSR count). The lowest BCUT2D eigenvalue weighted by molar-refractivity contribution is 0.491. The molecule has 0 amide bonds. The van der Waals surface area contributed by atoms with E-state index >= 15 is 0 Å². The molecule has 120 valence electrons. The van der Waals surface area contributed by atoms with Crippen molar-refractivity contribution in [2.75, 3.05) is 6.54 Å². The van der Waals surface area contributed by atoms with E-state index in [1.807, 2.05) is 6.92 Å². The van der Waals surface area contributed by atoms with Crippen LogP contribution in [0.25, 0.3) is 0 Å². The molecule has 0 aliphatic heterocycles. The number of rotatable bonds is 6. The van der Waals surface area contributed by atoms with Crippen LogP contribution in [-0.4, -0.2) is 20.5 Å². The minimum absolute atomic E-state index is 0.102. The van der Waals surface area contributed by atoms with Crippen molar-refractivity contribution < 1.29 is 12.8 Å². The summed E-state index contributed by atoms with van der Waals surface area (Å²) in [5.74, 6) is -0.353. The topological polar surface area (TPSA) is 58.2 Å². The summed E-state index contributed by atoms with van der Waals surface area (Å²) in [6.45, 7) is 9.98. The van der Waals surface area contributed by atoms with Crippen molar-refractivity contribution in [2.45, 2.75) is 58.0 Å². The molecule has 6 heteroatoms. The number of aryl methyl sites for hydroxylation is 1. The van der Waals surface area contributed by atoms with Gasteiger partial charge < -0.3 is 5.32 Å². The maximum absolute atomic E-state index is 14.1. The number of benzene rings is 1. The minimum atomic E-state index is -3.65. The standard InChI is InChI=1S/C15H25FN2O2S/c1-6-7-17-10-12-9-13(8-11(2)14(12)16)21(19,20)18-15(3,4)5/h8-9,17-18H,6-7,10H2,1-5H3. The van der Waals surface area contributed by atoms with Crippen molar-refractivity contribution in [1.29, 1.82) is 0 Å². The fraction of sp³-hybridized carbons (Fsp3) is 0.600. The molecule has 0 saturated heterocycles. The minimum Gasteiger partial charge on any atom is -0.313 e. The van der Waals surface area contributed by atoms with Crippen LogP contribution in [0.2, 0.25) is 0 Å². The van der Waals surface area contributed by atoms with E-state index < -0.39 is 15.6 Å². The first-order valence-electron chi connectivity index (χ1n) is 7.10. The molecule has 0 heterocycles. The van der Waals surface area contributed by atoms with E-state index in [1.54, 1.807) is 27.7 Å². The van der Waals surface area contributed by atoms with Crippen molar-refractivity contribution in [3.8, 4) is 0 Å². The first-order chi connectivity index (χ1) is 9.57. The molecule has 0 unspecified atom stereocenters. The quantitative estimate of drug-likeness (QED) is 0.793. The number of nitrogens with one attached hydrogen (secondary N) is 2. The highest BCUT2D eigenvalue weighted by molar-refractivity contribution is 7.89. The Balaban J connectivity index is 3.14. The summed E-state index contributed by atoms with van der Waals surface area (Å²) < 4.78 is 41.3. The molecule has 0 fully saturated rings. The van der Waals surface area contributed by atoms with Gasteiger partial charge >= 0.3 is 0 Å². The second kappa shape index (κ2) is 6.85. The van der Waals surface area contributed by atoms with Gasteiger partial charge in [-0.1, -0.05) is 6.92 Å². The van der Waals surface area contributed by atoms with Crippen molar-refractivity contribution in [3.63, 3.8) is 0 Å². The summed E-state index contributed by atoms with van der Waals surface area (Å²) in [6, 6.07) is 2.77. The van der Waals surface area contributed by atoms with Crippen LogP contribution in [-0.2, 0) is 16.6 Å². The van der Waals surface area contributed by atoms with E-state index in [2.05, 4.69) is 10.0 Å². The van der Waals surface area contributed by atoms with Gasteiger partial charge in [-0.05, 0) is 58.4 Å². The molecule has 0 atom stereocenters. The maximum Gasteiger partial charge on any atom is 0.241 e. The highest BCUT2D eigenvalue weighted by Crippen LogP contribution is 2.20. The third-order valence-corrected chi connectivity index (χ3v) is 4.53. The Bertz CT molecular complexity index is 592. The average Bonchev–Trinajstić information content (AvgIpc) is 2.31. The van der Waals surface area contributed by atoms with Gasteiger partial charge in [-0.2, -0.15) is 0 Å². The third-order valence-electron chi connectivity index (χ3n) is 2.80. The lowest BCUT2D eigenvalue weighted by Gasteiger charge is -2.21. The first kappa shape index (κ1) is 18.1.